The van der Waals surface area contributed by atoms with Crippen molar-refractivity contribution in [3.63, 3.8) is 0 Å². The van der Waals surface area contributed by atoms with E-state index in [2.05, 4.69) is 5.32 Å². The smallest absolute Gasteiger partial charge is 0.255 e. The number of rotatable bonds is 5. The number of alkyl halides is 1. The Morgan fingerprint density at radius 1 is 1.05 bits per heavy atom. The highest BCUT2D eigenvalue weighted by molar-refractivity contribution is 6.35. The molecule has 0 fully saturated rings. The molecule has 1 N–H and O–H groups in total. The number of hydrogen-bond acceptors (Lipinski definition) is 1. The van der Waals surface area contributed by atoms with Gasteiger partial charge in [0.25, 0.3) is 5.91 Å². The number of nitrogens with one attached hydrogen (secondary N) is 1. The van der Waals surface area contributed by atoms with E-state index in [9.17, 15) is 4.79 Å². The molecule has 2 rings (SSSR count). The molecule has 0 atom stereocenters. The van der Waals surface area contributed by atoms with Gasteiger partial charge < -0.3 is 5.32 Å². The molecule has 0 bridgehead atoms. The monoisotopic (exact) mass is 341 g/mol. The Kier molecular flexibility index (Phi) is 5.92. The number of carbonyl (C=O) groups excluding carboxylic acids is 1. The number of amides is 1. The summed E-state index contributed by atoms with van der Waals surface area (Å²) in [6.45, 7) is 0. The Morgan fingerprint density at radius 3 is 2.43 bits per heavy atom. The van der Waals surface area contributed by atoms with E-state index in [0.717, 1.165) is 24.1 Å². The molecule has 1 amide bonds. The molecule has 5 heteroatoms. The summed E-state index contributed by atoms with van der Waals surface area (Å²) in [5, 5.41) is 3.71. The summed E-state index contributed by atoms with van der Waals surface area (Å²) >= 11 is 17.5. The van der Waals surface area contributed by atoms with Crippen LogP contribution in [0.15, 0.2) is 42.5 Å². The average Bonchev–Trinajstić information content (AvgIpc) is 2.44. The zero-order chi connectivity index (χ0) is 15.2. The predicted octanol–water partition coefficient (Wildman–Crippen LogP) is 5.42. The van der Waals surface area contributed by atoms with E-state index in [1.807, 2.05) is 24.3 Å². The van der Waals surface area contributed by atoms with Gasteiger partial charge in [0.15, 0.2) is 0 Å². The highest BCUT2D eigenvalue weighted by atomic mass is 35.5. The molecule has 0 spiro atoms. The van der Waals surface area contributed by atoms with E-state index in [4.69, 9.17) is 34.8 Å². The molecular formula is C16H14Cl3NO. The van der Waals surface area contributed by atoms with Crippen molar-refractivity contribution < 1.29 is 4.79 Å². The van der Waals surface area contributed by atoms with E-state index in [1.54, 1.807) is 18.2 Å². The zero-order valence-corrected chi connectivity index (χ0v) is 13.5. The van der Waals surface area contributed by atoms with E-state index >= 15 is 0 Å². The number of benzene rings is 2. The van der Waals surface area contributed by atoms with Crippen molar-refractivity contribution in [1.82, 2.24) is 0 Å². The van der Waals surface area contributed by atoms with Gasteiger partial charge in [0.1, 0.15) is 0 Å². The minimum Gasteiger partial charge on any atom is -0.322 e. The van der Waals surface area contributed by atoms with Crippen molar-refractivity contribution >= 4 is 46.4 Å². The molecule has 2 aromatic carbocycles. The molecule has 0 radical (unpaired) electrons. The van der Waals surface area contributed by atoms with Crippen LogP contribution in [0.1, 0.15) is 22.3 Å². The molecule has 110 valence electrons. The standard InChI is InChI=1S/C16H14Cl3NO/c17-6-2-4-11-3-1-5-15(7-11)20-16(21)12-8-13(18)10-14(19)9-12/h1,3,5,7-10H,2,4,6H2,(H,20,21). The van der Waals surface area contributed by atoms with Crippen molar-refractivity contribution in [2.75, 3.05) is 11.2 Å². The summed E-state index contributed by atoms with van der Waals surface area (Å²) < 4.78 is 0. The van der Waals surface area contributed by atoms with Gasteiger partial charge in [0, 0.05) is 27.2 Å². The van der Waals surface area contributed by atoms with Gasteiger partial charge in [-0.05, 0) is 48.7 Å². The maximum Gasteiger partial charge on any atom is 0.255 e. The summed E-state index contributed by atoms with van der Waals surface area (Å²) in [7, 11) is 0. The van der Waals surface area contributed by atoms with Gasteiger partial charge in [0.05, 0.1) is 0 Å². The number of aryl methyl sites for hydroxylation is 1. The number of carbonyl (C=O) groups is 1. The largest absolute Gasteiger partial charge is 0.322 e. The molecule has 2 nitrogen and oxygen atoms in total. The topological polar surface area (TPSA) is 29.1 Å². The minimum absolute atomic E-state index is 0.242. The minimum atomic E-state index is -0.242. The Morgan fingerprint density at radius 2 is 1.76 bits per heavy atom. The van der Waals surface area contributed by atoms with Crippen LogP contribution in [0.2, 0.25) is 10.0 Å². The Labute approximate surface area is 139 Å². The van der Waals surface area contributed by atoms with Crippen LogP contribution >= 0.6 is 34.8 Å². The highest BCUT2D eigenvalue weighted by Crippen LogP contribution is 2.20. The Bertz CT molecular complexity index is 623. The van der Waals surface area contributed by atoms with Gasteiger partial charge in [-0.15, -0.1) is 11.6 Å². The van der Waals surface area contributed by atoms with Crippen LogP contribution in [-0.2, 0) is 6.42 Å². The third-order valence-corrected chi connectivity index (χ3v) is 3.61. The van der Waals surface area contributed by atoms with E-state index in [-0.39, 0.29) is 5.91 Å². The third kappa shape index (κ3) is 4.92. The number of halogens is 3. The number of hydrogen-bond donors (Lipinski definition) is 1. The Hall–Kier alpha value is -1.22. The zero-order valence-electron chi connectivity index (χ0n) is 11.2. The van der Waals surface area contributed by atoms with Crippen molar-refractivity contribution in [2.45, 2.75) is 12.8 Å². The summed E-state index contributed by atoms with van der Waals surface area (Å²) in [6.07, 6.45) is 1.79. The molecule has 0 unspecified atom stereocenters. The molecule has 0 saturated heterocycles. The van der Waals surface area contributed by atoms with Crippen LogP contribution in [-0.4, -0.2) is 11.8 Å². The lowest BCUT2D eigenvalue weighted by atomic mass is 10.1. The maximum atomic E-state index is 12.2. The van der Waals surface area contributed by atoms with Crippen molar-refractivity contribution in [3.05, 3.63) is 63.6 Å². The first kappa shape index (κ1) is 16.2. The van der Waals surface area contributed by atoms with E-state index in [1.165, 1.54) is 0 Å². The van der Waals surface area contributed by atoms with Crippen LogP contribution in [0.5, 0.6) is 0 Å². The van der Waals surface area contributed by atoms with Crippen LogP contribution in [0.3, 0.4) is 0 Å². The fourth-order valence-corrected chi connectivity index (χ4v) is 2.62. The fraction of sp³-hybridized carbons (Fsp3) is 0.188. The Balaban J connectivity index is 2.11. The second-order valence-corrected chi connectivity index (χ2v) is 5.86. The first-order chi connectivity index (χ1) is 10.1. The third-order valence-electron chi connectivity index (χ3n) is 2.91. The first-order valence-corrected chi connectivity index (χ1v) is 7.80. The molecule has 21 heavy (non-hydrogen) atoms. The second kappa shape index (κ2) is 7.69. The van der Waals surface area contributed by atoms with Gasteiger partial charge in [-0.3, -0.25) is 4.79 Å². The van der Waals surface area contributed by atoms with Crippen LogP contribution in [0.4, 0.5) is 5.69 Å². The fourth-order valence-electron chi connectivity index (χ4n) is 1.96. The molecule has 0 aliphatic heterocycles. The van der Waals surface area contributed by atoms with Crippen LogP contribution < -0.4 is 5.32 Å². The molecule has 0 heterocycles. The summed E-state index contributed by atoms with van der Waals surface area (Å²) in [5.74, 6) is 0.381. The lowest BCUT2D eigenvalue weighted by molar-refractivity contribution is 0.102. The predicted molar refractivity (Wildman–Crippen MR) is 89.9 cm³/mol. The van der Waals surface area contributed by atoms with E-state index in [0.29, 0.717) is 21.5 Å². The highest BCUT2D eigenvalue weighted by Gasteiger charge is 2.08. The second-order valence-electron chi connectivity index (χ2n) is 4.61. The summed E-state index contributed by atoms with van der Waals surface area (Å²) in [6, 6.07) is 12.5. The van der Waals surface area contributed by atoms with E-state index < -0.39 is 0 Å². The lowest BCUT2D eigenvalue weighted by Gasteiger charge is -2.08. The maximum absolute atomic E-state index is 12.2. The number of anilines is 1. The van der Waals surface area contributed by atoms with Gasteiger partial charge in [-0.1, -0.05) is 35.3 Å². The quantitative estimate of drug-likeness (QED) is 0.722. The molecule has 0 aromatic heterocycles. The summed E-state index contributed by atoms with van der Waals surface area (Å²) in [4.78, 5) is 12.2. The van der Waals surface area contributed by atoms with Gasteiger partial charge in [-0.25, -0.2) is 0 Å². The SMILES string of the molecule is O=C(Nc1cccc(CCCCl)c1)c1cc(Cl)cc(Cl)c1. The van der Waals surface area contributed by atoms with Gasteiger partial charge in [0.2, 0.25) is 0 Å². The van der Waals surface area contributed by atoms with Crippen LogP contribution in [0, 0.1) is 0 Å². The lowest BCUT2D eigenvalue weighted by Crippen LogP contribution is -2.12. The molecule has 0 aliphatic rings. The molecule has 0 aliphatic carbocycles. The normalized spacial score (nSPS) is 10.4. The molecule has 0 saturated carbocycles. The van der Waals surface area contributed by atoms with Crippen molar-refractivity contribution in [1.29, 1.82) is 0 Å². The summed E-state index contributed by atoms with van der Waals surface area (Å²) in [5.41, 5.74) is 2.31. The molecule has 2 aromatic rings. The van der Waals surface area contributed by atoms with Crippen molar-refractivity contribution in [2.24, 2.45) is 0 Å². The molecular weight excluding hydrogens is 329 g/mol. The first-order valence-electron chi connectivity index (χ1n) is 6.51. The van der Waals surface area contributed by atoms with Gasteiger partial charge in [-0.2, -0.15) is 0 Å². The van der Waals surface area contributed by atoms with Crippen molar-refractivity contribution in [3.8, 4) is 0 Å². The van der Waals surface area contributed by atoms with Crippen LogP contribution in [0.25, 0.3) is 0 Å². The van der Waals surface area contributed by atoms with Gasteiger partial charge >= 0.3 is 0 Å². The average molecular weight is 343 g/mol.